The van der Waals surface area contributed by atoms with Crippen molar-refractivity contribution in [2.45, 2.75) is 51.0 Å². The molecular weight excluding hydrogens is 406 g/mol. The summed E-state index contributed by atoms with van der Waals surface area (Å²) in [6, 6.07) is 8.48. The predicted octanol–water partition coefficient (Wildman–Crippen LogP) is 5.46. The molecule has 0 spiro atoms. The molecule has 1 aliphatic heterocycles. The van der Waals surface area contributed by atoms with Gasteiger partial charge in [0.05, 0.1) is 25.7 Å². The van der Waals surface area contributed by atoms with Crippen LogP contribution in [-0.2, 0) is 11.2 Å². The summed E-state index contributed by atoms with van der Waals surface area (Å²) in [5.41, 5.74) is 2.35. The normalized spacial score (nSPS) is 33.3. The largest absolute Gasteiger partial charge is 0.493 e. The average molecular weight is 438 g/mol. The minimum Gasteiger partial charge on any atom is -0.493 e. The third-order valence-electron chi connectivity index (χ3n) is 8.44. The molecule has 0 radical (unpaired) electrons. The Bertz CT molecular complexity index is 963. The van der Waals surface area contributed by atoms with Crippen LogP contribution in [-0.4, -0.2) is 31.6 Å². The van der Waals surface area contributed by atoms with E-state index in [1.807, 2.05) is 0 Å². The first kappa shape index (κ1) is 19.7. The molecule has 0 N–H and O–H groups in total. The zero-order valence-electron chi connectivity index (χ0n) is 18.4. The van der Waals surface area contributed by atoms with Gasteiger partial charge in [-0.1, -0.05) is 6.07 Å². The summed E-state index contributed by atoms with van der Waals surface area (Å²) in [7, 11) is 3.37. The van der Waals surface area contributed by atoms with E-state index in [-0.39, 0.29) is 11.5 Å². The molecule has 7 rings (SSSR count). The summed E-state index contributed by atoms with van der Waals surface area (Å²) in [5, 5.41) is 2.12. The summed E-state index contributed by atoms with van der Waals surface area (Å²) in [6.45, 7) is 0.783. The molecular formula is C26H31NO3S. The summed E-state index contributed by atoms with van der Waals surface area (Å²) in [6.07, 6.45) is 8.30. The van der Waals surface area contributed by atoms with Crippen LogP contribution in [0.25, 0.3) is 0 Å². The first-order chi connectivity index (χ1) is 15.1. The highest BCUT2D eigenvalue weighted by molar-refractivity contribution is 7.10. The maximum Gasteiger partial charge on any atom is 0.229 e. The van der Waals surface area contributed by atoms with Crippen molar-refractivity contribution in [2.75, 3.05) is 20.8 Å². The fraction of sp³-hybridized carbons (Fsp3) is 0.577. The van der Waals surface area contributed by atoms with Crippen LogP contribution in [0.4, 0.5) is 0 Å². The highest BCUT2D eigenvalue weighted by Crippen LogP contribution is 2.61. The zero-order chi connectivity index (χ0) is 21.2. The lowest BCUT2D eigenvalue weighted by Gasteiger charge is -2.57. The van der Waals surface area contributed by atoms with Crippen molar-refractivity contribution < 1.29 is 14.3 Å². The van der Waals surface area contributed by atoms with Gasteiger partial charge >= 0.3 is 0 Å². The molecule has 1 amide bonds. The Morgan fingerprint density at radius 2 is 1.68 bits per heavy atom. The Kier molecular flexibility index (Phi) is 4.60. The van der Waals surface area contributed by atoms with Crippen LogP contribution in [0.1, 0.15) is 60.6 Å². The van der Waals surface area contributed by atoms with E-state index in [4.69, 9.17) is 9.47 Å². The number of nitrogens with zero attached hydrogens (tertiary/aromatic N) is 1. The lowest BCUT2D eigenvalue weighted by molar-refractivity contribution is -0.159. The number of methoxy groups -OCH3 is 2. The highest BCUT2D eigenvalue weighted by atomic mass is 32.1. The second-order valence-corrected chi connectivity index (χ2v) is 11.2. The summed E-state index contributed by atoms with van der Waals surface area (Å²) >= 11 is 1.75. The molecule has 2 aromatic rings. The van der Waals surface area contributed by atoms with Gasteiger partial charge in [-0.3, -0.25) is 4.79 Å². The SMILES string of the molecule is COc1cc2c(cc1OC)[C@H](c1cccs1)N(C(=O)C13CC4CC(CC(C4)C1)C3)CC2. The van der Waals surface area contributed by atoms with E-state index in [1.165, 1.54) is 35.3 Å². The second kappa shape index (κ2) is 7.26. The van der Waals surface area contributed by atoms with Gasteiger partial charge < -0.3 is 14.4 Å². The van der Waals surface area contributed by atoms with Crippen molar-refractivity contribution in [3.05, 3.63) is 45.6 Å². The van der Waals surface area contributed by atoms with Gasteiger partial charge in [-0.2, -0.15) is 0 Å². The summed E-state index contributed by atoms with van der Waals surface area (Å²) in [5.74, 6) is 4.26. The molecule has 1 aromatic heterocycles. The molecule has 1 aromatic carbocycles. The Morgan fingerprint density at radius 3 is 2.26 bits per heavy atom. The van der Waals surface area contributed by atoms with Gasteiger partial charge in [-0.05, 0) is 97.4 Å². The van der Waals surface area contributed by atoms with Crippen LogP contribution in [0.2, 0.25) is 0 Å². The van der Waals surface area contributed by atoms with Gasteiger partial charge in [0.15, 0.2) is 11.5 Å². The smallest absolute Gasteiger partial charge is 0.229 e. The van der Waals surface area contributed by atoms with E-state index in [2.05, 4.69) is 34.5 Å². The van der Waals surface area contributed by atoms with E-state index < -0.39 is 0 Å². The van der Waals surface area contributed by atoms with Crippen LogP contribution >= 0.6 is 11.3 Å². The lowest BCUT2D eigenvalue weighted by Crippen LogP contribution is -2.56. The third-order valence-corrected chi connectivity index (χ3v) is 9.36. The van der Waals surface area contributed by atoms with Crippen molar-refractivity contribution in [1.82, 2.24) is 4.90 Å². The molecule has 1 atom stereocenters. The fourth-order valence-corrected chi connectivity index (χ4v) is 8.45. The lowest BCUT2D eigenvalue weighted by atomic mass is 9.49. The van der Waals surface area contributed by atoms with Gasteiger partial charge in [-0.15, -0.1) is 11.3 Å². The van der Waals surface area contributed by atoms with Crippen molar-refractivity contribution >= 4 is 17.2 Å². The number of benzene rings is 1. The molecule has 5 heteroatoms. The number of thiophene rings is 1. The van der Waals surface area contributed by atoms with Crippen LogP contribution in [0.3, 0.4) is 0 Å². The number of carbonyl (C=O) groups is 1. The predicted molar refractivity (Wildman–Crippen MR) is 122 cm³/mol. The van der Waals surface area contributed by atoms with Gasteiger partial charge in [0.25, 0.3) is 0 Å². The van der Waals surface area contributed by atoms with E-state index in [0.29, 0.717) is 5.91 Å². The minimum atomic E-state index is -0.113. The Morgan fingerprint density at radius 1 is 1.03 bits per heavy atom. The maximum atomic E-state index is 14.3. The number of carbonyl (C=O) groups excluding carboxylic acids is 1. The zero-order valence-corrected chi connectivity index (χ0v) is 19.2. The van der Waals surface area contributed by atoms with E-state index >= 15 is 0 Å². The highest BCUT2D eigenvalue weighted by Gasteiger charge is 2.56. The number of fused-ring (bicyclic) bond motifs is 1. The van der Waals surface area contributed by atoms with Crippen LogP contribution in [0.15, 0.2) is 29.6 Å². The molecule has 0 saturated heterocycles. The standard InChI is InChI=1S/C26H31NO3S/c1-29-21-11-19-5-6-27(24(23-4-3-7-31-23)20(19)12-22(21)30-2)25(28)26-13-16-8-17(14-26)10-18(9-16)15-26/h3-4,7,11-12,16-18,24H,5-6,8-10,13-15H2,1-2H3/t16?,17?,18?,24-,26?/m1/s1. The van der Waals surface area contributed by atoms with Crippen LogP contribution in [0, 0.1) is 23.2 Å². The molecule has 4 aliphatic carbocycles. The maximum absolute atomic E-state index is 14.3. The number of ether oxygens (including phenoxy) is 2. The molecule has 4 bridgehead atoms. The van der Waals surface area contributed by atoms with Gasteiger partial charge in [-0.25, -0.2) is 0 Å². The Balaban J connectivity index is 1.42. The van der Waals surface area contributed by atoms with E-state index in [1.54, 1.807) is 25.6 Å². The van der Waals surface area contributed by atoms with E-state index in [0.717, 1.165) is 61.5 Å². The molecule has 4 nitrogen and oxygen atoms in total. The minimum absolute atomic E-state index is 0.0240. The number of hydrogen-bond acceptors (Lipinski definition) is 4. The fourth-order valence-electron chi connectivity index (χ4n) is 7.60. The quantitative estimate of drug-likeness (QED) is 0.638. The monoisotopic (exact) mass is 437 g/mol. The van der Waals surface area contributed by atoms with Crippen LogP contribution < -0.4 is 9.47 Å². The van der Waals surface area contributed by atoms with Crippen molar-refractivity contribution in [1.29, 1.82) is 0 Å². The summed E-state index contributed by atoms with van der Waals surface area (Å²) in [4.78, 5) is 17.8. The molecule has 4 fully saturated rings. The van der Waals surface area contributed by atoms with Gasteiger partial charge in [0.1, 0.15) is 0 Å². The molecule has 5 aliphatic rings. The first-order valence-corrected chi connectivity index (χ1v) is 12.6. The molecule has 2 heterocycles. The van der Waals surface area contributed by atoms with Gasteiger partial charge in [0, 0.05) is 11.4 Å². The molecule has 164 valence electrons. The topological polar surface area (TPSA) is 38.8 Å². The number of rotatable bonds is 4. The Labute approximate surface area is 188 Å². The van der Waals surface area contributed by atoms with Crippen LogP contribution in [0.5, 0.6) is 11.5 Å². The molecule has 0 unspecified atom stereocenters. The Hall–Kier alpha value is -2.01. The third kappa shape index (κ3) is 3.03. The van der Waals surface area contributed by atoms with Crippen molar-refractivity contribution in [3.63, 3.8) is 0 Å². The summed E-state index contributed by atoms with van der Waals surface area (Å²) < 4.78 is 11.2. The molecule has 31 heavy (non-hydrogen) atoms. The second-order valence-electron chi connectivity index (χ2n) is 10.3. The van der Waals surface area contributed by atoms with Crippen molar-refractivity contribution in [3.8, 4) is 11.5 Å². The first-order valence-electron chi connectivity index (χ1n) is 11.7. The average Bonchev–Trinajstić information content (AvgIpc) is 3.30. The number of amides is 1. The molecule has 4 saturated carbocycles. The van der Waals surface area contributed by atoms with Crippen molar-refractivity contribution in [2.24, 2.45) is 23.2 Å². The number of hydrogen-bond donors (Lipinski definition) is 0. The van der Waals surface area contributed by atoms with Gasteiger partial charge in [0.2, 0.25) is 5.91 Å². The van der Waals surface area contributed by atoms with E-state index in [9.17, 15) is 4.79 Å².